The fourth-order valence-electron chi connectivity index (χ4n) is 4.04. The average Bonchev–Trinajstić information content (AvgIpc) is 3.34. The monoisotopic (exact) mass is 343 g/mol. The van der Waals surface area contributed by atoms with Crippen LogP contribution in [0.4, 0.5) is 4.39 Å². The topological polar surface area (TPSA) is 58.4 Å². The number of aliphatic hydroxyl groups excluding tert-OH is 1. The van der Waals surface area contributed by atoms with Crippen LogP contribution in [0.15, 0.2) is 36.5 Å². The molecule has 0 spiro atoms. The molecule has 1 aromatic heterocycles. The maximum Gasteiger partial charge on any atom is 0.274 e. The predicted octanol–water partition coefficient (Wildman–Crippen LogP) is 3.09. The summed E-state index contributed by atoms with van der Waals surface area (Å²) in [5, 5.41) is 14.5. The highest BCUT2D eigenvalue weighted by Crippen LogP contribution is 2.34. The number of carbonyl (C=O) groups excluding carboxylic acids is 1. The van der Waals surface area contributed by atoms with E-state index in [9.17, 15) is 14.3 Å². The molecule has 0 bridgehead atoms. The molecule has 2 fully saturated rings. The number of nitrogens with zero attached hydrogens (tertiary/aromatic N) is 3. The molecule has 1 saturated carbocycles. The van der Waals surface area contributed by atoms with Crippen LogP contribution in [-0.2, 0) is 0 Å². The van der Waals surface area contributed by atoms with Crippen LogP contribution in [0.5, 0.6) is 0 Å². The number of rotatable bonds is 3. The van der Waals surface area contributed by atoms with E-state index in [-0.39, 0.29) is 24.3 Å². The summed E-state index contributed by atoms with van der Waals surface area (Å²) in [5.41, 5.74) is 1.10. The highest BCUT2D eigenvalue weighted by molar-refractivity contribution is 5.92. The molecule has 2 aliphatic rings. The summed E-state index contributed by atoms with van der Waals surface area (Å²) in [4.78, 5) is 14.5. The van der Waals surface area contributed by atoms with Crippen LogP contribution in [0, 0.1) is 5.82 Å². The maximum absolute atomic E-state index is 13.6. The van der Waals surface area contributed by atoms with Crippen LogP contribution >= 0.6 is 0 Å². The molecule has 2 heterocycles. The molecule has 5 nitrogen and oxygen atoms in total. The third-order valence-corrected chi connectivity index (χ3v) is 5.30. The number of carbonyl (C=O) groups is 1. The third-order valence-electron chi connectivity index (χ3n) is 5.30. The van der Waals surface area contributed by atoms with E-state index in [1.165, 1.54) is 25.0 Å². The van der Waals surface area contributed by atoms with Crippen molar-refractivity contribution in [1.29, 1.82) is 0 Å². The number of likely N-dealkylation sites (tertiary alicyclic amines) is 1. The summed E-state index contributed by atoms with van der Waals surface area (Å²) in [5.74, 6) is -0.542. The van der Waals surface area contributed by atoms with Gasteiger partial charge in [0.2, 0.25) is 0 Å². The first-order valence-electron chi connectivity index (χ1n) is 8.91. The third kappa shape index (κ3) is 3.18. The molecule has 1 aliphatic heterocycles. The van der Waals surface area contributed by atoms with E-state index in [4.69, 9.17) is 0 Å². The van der Waals surface area contributed by atoms with E-state index in [2.05, 4.69) is 5.10 Å². The summed E-state index contributed by atoms with van der Waals surface area (Å²) in [7, 11) is 0. The zero-order valence-corrected chi connectivity index (χ0v) is 14.0. The van der Waals surface area contributed by atoms with Crippen molar-refractivity contribution in [2.24, 2.45) is 0 Å². The molecule has 0 radical (unpaired) electrons. The Morgan fingerprint density at radius 1 is 1.24 bits per heavy atom. The molecule has 1 aliphatic carbocycles. The van der Waals surface area contributed by atoms with Crippen LogP contribution in [-0.4, -0.2) is 38.3 Å². The molecule has 1 N–H and O–H groups in total. The van der Waals surface area contributed by atoms with Crippen molar-refractivity contribution in [2.45, 2.75) is 50.3 Å². The molecular formula is C19H22FN3O2. The van der Waals surface area contributed by atoms with Crippen LogP contribution in [0.25, 0.3) is 0 Å². The normalized spacial score (nSPS) is 24.2. The Kier molecular flexibility index (Phi) is 4.29. The van der Waals surface area contributed by atoms with E-state index in [1.807, 2.05) is 10.9 Å². The molecular weight excluding hydrogens is 321 g/mol. The van der Waals surface area contributed by atoms with Gasteiger partial charge in [-0.2, -0.15) is 5.10 Å². The summed E-state index contributed by atoms with van der Waals surface area (Å²) in [6.45, 7) is 0.246. The van der Waals surface area contributed by atoms with Gasteiger partial charge in [-0.1, -0.05) is 25.0 Å². The summed E-state index contributed by atoms with van der Waals surface area (Å²) < 4.78 is 15.5. The first-order valence-corrected chi connectivity index (χ1v) is 8.91. The number of hydrogen-bond acceptors (Lipinski definition) is 3. The molecule has 132 valence electrons. The van der Waals surface area contributed by atoms with Gasteiger partial charge in [-0.3, -0.25) is 9.48 Å². The lowest BCUT2D eigenvalue weighted by Gasteiger charge is -2.24. The molecule has 2 unspecified atom stereocenters. The smallest absolute Gasteiger partial charge is 0.274 e. The van der Waals surface area contributed by atoms with Crippen molar-refractivity contribution in [3.05, 3.63) is 53.6 Å². The number of aliphatic hydroxyl groups is 1. The highest BCUT2D eigenvalue weighted by atomic mass is 19.1. The quantitative estimate of drug-likeness (QED) is 0.932. The van der Waals surface area contributed by atoms with Gasteiger partial charge in [-0.05, 0) is 43.0 Å². The van der Waals surface area contributed by atoms with Crippen molar-refractivity contribution in [2.75, 3.05) is 6.54 Å². The Bertz CT molecular complexity index is 770. The van der Waals surface area contributed by atoms with E-state index in [0.29, 0.717) is 23.7 Å². The molecule has 1 amide bonds. The SMILES string of the molecule is O=C(c1ccn(C2CCCC2)n1)N1CC(O)CC1c1cccc(F)c1. The number of hydrogen-bond donors (Lipinski definition) is 1. The van der Waals surface area contributed by atoms with Gasteiger partial charge in [-0.15, -0.1) is 0 Å². The van der Waals surface area contributed by atoms with Crippen LogP contribution in [0.2, 0.25) is 0 Å². The maximum atomic E-state index is 13.6. The second-order valence-electron chi connectivity index (χ2n) is 7.04. The lowest BCUT2D eigenvalue weighted by atomic mass is 10.0. The second-order valence-corrected chi connectivity index (χ2v) is 7.04. The summed E-state index contributed by atoms with van der Waals surface area (Å²) in [6.07, 6.45) is 6.29. The van der Waals surface area contributed by atoms with Crippen molar-refractivity contribution < 1.29 is 14.3 Å². The minimum absolute atomic E-state index is 0.206. The predicted molar refractivity (Wildman–Crippen MR) is 90.5 cm³/mol. The average molecular weight is 343 g/mol. The Balaban J connectivity index is 1.57. The van der Waals surface area contributed by atoms with Crippen molar-refractivity contribution >= 4 is 5.91 Å². The Labute approximate surface area is 146 Å². The zero-order chi connectivity index (χ0) is 17.4. The van der Waals surface area contributed by atoms with Gasteiger partial charge in [0, 0.05) is 12.7 Å². The zero-order valence-electron chi connectivity index (χ0n) is 14.0. The fourth-order valence-corrected chi connectivity index (χ4v) is 4.04. The van der Waals surface area contributed by atoms with E-state index >= 15 is 0 Å². The fraction of sp³-hybridized carbons (Fsp3) is 0.474. The number of amides is 1. The molecule has 1 aromatic carbocycles. The first kappa shape index (κ1) is 16.3. The van der Waals surface area contributed by atoms with Gasteiger partial charge in [0.1, 0.15) is 11.5 Å². The molecule has 25 heavy (non-hydrogen) atoms. The Morgan fingerprint density at radius 2 is 2.04 bits per heavy atom. The minimum Gasteiger partial charge on any atom is -0.391 e. The Hall–Kier alpha value is -2.21. The number of benzene rings is 1. The van der Waals surface area contributed by atoms with Gasteiger partial charge in [0.25, 0.3) is 5.91 Å². The molecule has 2 aromatic rings. The lowest BCUT2D eigenvalue weighted by Crippen LogP contribution is -2.32. The number of halogens is 1. The van der Waals surface area contributed by atoms with Crippen molar-refractivity contribution in [3.63, 3.8) is 0 Å². The number of β-amino-alcohol motifs (C(OH)–C–C–N with tert-alkyl or cyclic N) is 1. The standard InChI is InChI=1S/C19H22FN3O2/c20-14-5-3-4-13(10-14)18-11-16(24)12-22(18)19(25)17-8-9-23(21-17)15-6-1-2-7-15/h3-5,8-10,15-16,18,24H,1-2,6-7,11-12H2. The lowest BCUT2D eigenvalue weighted by molar-refractivity contribution is 0.0708. The minimum atomic E-state index is -0.603. The van der Waals surface area contributed by atoms with Gasteiger partial charge in [0.05, 0.1) is 18.2 Å². The highest BCUT2D eigenvalue weighted by Gasteiger charge is 2.36. The van der Waals surface area contributed by atoms with Crippen molar-refractivity contribution in [3.8, 4) is 0 Å². The van der Waals surface area contributed by atoms with E-state index < -0.39 is 6.10 Å². The summed E-state index contributed by atoms with van der Waals surface area (Å²) in [6, 6.07) is 8.04. The van der Waals surface area contributed by atoms with Gasteiger partial charge in [-0.25, -0.2) is 4.39 Å². The van der Waals surface area contributed by atoms with Gasteiger partial charge < -0.3 is 10.0 Å². The van der Waals surface area contributed by atoms with Crippen LogP contribution in [0.1, 0.15) is 60.2 Å². The molecule has 6 heteroatoms. The van der Waals surface area contributed by atoms with E-state index in [1.54, 1.807) is 23.1 Å². The van der Waals surface area contributed by atoms with Gasteiger partial charge in [0.15, 0.2) is 0 Å². The summed E-state index contributed by atoms with van der Waals surface area (Å²) >= 11 is 0. The van der Waals surface area contributed by atoms with Crippen LogP contribution in [0.3, 0.4) is 0 Å². The number of aromatic nitrogens is 2. The second kappa shape index (κ2) is 6.59. The van der Waals surface area contributed by atoms with Crippen molar-refractivity contribution in [1.82, 2.24) is 14.7 Å². The molecule has 2 atom stereocenters. The largest absolute Gasteiger partial charge is 0.391 e. The van der Waals surface area contributed by atoms with Crippen LogP contribution < -0.4 is 0 Å². The Morgan fingerprint density at radius 3 is 2.80 bits per heavy atom. The molecule has 4 rings (SSSR count). The molecule has 1 saturated heterocycles. The van der Waals surface area contributed by atoms with E-state index in [0.717, 1.165) is 12.8 Å². The van der Waals surface area contributed by atoms with Gasteiger partial charge >= 0.3 is 0 Å². The first-order chi connectivity index (χ1) is 12.1.